The van der Waals surface area contributed by atoms with Crippen LogP contribution in [0.25, 0.3) is 0 Å². The lowest BCUT2D eigenvalue weighted by Gasteiger charge is -2.48. The first-order chi connectivity index (χ1) is 8.45. The number of rotatable bonds is 9. The molecule has 2 N–H and O–H groups in total. The number of hydrogen-bond acceptors (Lipinski definition) is 3. The molecule has 0 aromatic heterocycles. The molecular weight excluding hydrogens is 288 g/mol. The molecule has 1 unspecified atom stereocenters. The topological polar surface area (TPSA) is 49.7 Å². The first kappa shape index (κ1) is 19.5. The molecule has 0 radical (unpaired) electrons. The molecule has 0 bridgehead atoms. The third kappa shape index (κ3) is 5.81. The largest absolute Gasteiger partial charge is 0.394 e. The van der Waals surface area contributed by atoms with Gasteiger partial charge in [-0.3, -0.25) is 0 Å². The quantitative estimate of drug-likeness (QED) is 0.507. The molecule has 0 fully saturated rings. The van der Waals surface area contributed by atoms with Gasteiger partial charge in [-0.05, 0) is 6.42 Å². The van der Waals surface area contributed by atoms with Gasteiger partial charge in [0, 0.05) is 28.9 Å². The summed E-state index contributed by atoms with van der Waals surface area (Å²) < 4.78 is 5.45. The average molecular weight is 323 g/mol. The fourth-order valence-corrected chi connectivity index (χ4v) is 39.8. The number of hydrogen-bond donors (Lipinski definition) is 2. The summed E-state index contributed by atoms with van der Waals surface area (Å²) in [5, 5.41) is 17.9. The average Bonchev–Trinajstić information content (AvgIpc) is 2.24. The second-order valence-electron chi connectivity index (χ2n) is 7.85. The lowest BCUT2D eigenvalue weighted by atomic mass is 10.4. The van der Waals surface area contributed by atoms with Crippen molar-refractivity contribution in [3.05, 3.63) is 0 Å². The van der Waals surface area contributed by atoms with Gasteiger partial charge in [-0.1, -0.05) is 51.9 Å². The van der Waals surface area contributed by atoms with Gasteiger partial charge in [-0.25, -0.2) is 0 Å². The van der Waals surface area contributed by atoms with Crippen LogP contribution in [0.15, 0.2) is 0 Å². The van der Waals surface area contributed by atoms with E-state index in [0.717, 1.165) is 6.42 Å². The number of aliphatic hydroxyl groups is 2. The summed E-state index contributed by atoms with van der Waals surface area (Å²) in [6.07, 6.45) is 0.382. The molecular formula is C13H34O3Si3. The van der Waals surface area contributed by atoms with Gasteiger partial charge in [0.2, 0.25) is 0 Å². The van der Waals surface area contributed by atoms with E-state index in [4.69, 9.17) is 9.84 Å². The van der Waals surface area contributed by atoms with E-state index in [1.165, 1.54) is 6.04 Å². The second-order valence-corrected chi connectivity index (χ2v) is 37.1. The van der Waals surface area contributed by atoms with E-state index in [-0.39, 0.29) is 13.2 Å². The first-order valence-corrected chi connectivity index (χ1v) is 19.0. The van der Waals surface area contributed by atoms with Crippen molar-refractivity contribution in [2.45, 2.75) is 64.4 Å². The van der Waals surface area contributed by atoms with Crippen LogP contribution in [0.3, 0.4) is 0 Å². The molecule has 0 saturated carbocycles. The third-order valence-electron chi connectivity index (χ3n) is 4.80. The van der Waals surface area contributed by atoms with Crippen LogP contribution in [0.5, 0.6) is 0 Å². The van der Waals surface area contributed by atoms with Crippen molar-refractivity contribution in [3.63, 3.8) is 0 Å². The van der Waals surface area contributed by atoms with Gasteiger partial charge in [0.1, 0.15) is 6.10 Å². The summed E-state index contributed by atoms with van der Waals surface area (Å²) in [4.78, 5) is 0. The molecule has 0 aromatic rings. The Morgan fingerprint density at radius 3 is 1.79 bits per heavy atom. The molecule has 0 aromatic carbocycles. The Balaban J connectivity index is 4.33. The van der Waals surface area contributed by atoms with Gasteiger partial charge >= 0.3 is 0 Å². The summed E-state index contributed by atoms with van der Waals surface area (Å²) in [5.74, 6) is 0. The molecule has 0 aliphatic rings. The van der Waals surface area contributed by atoms with Gasteiger partial charge in [0.05, 0.1) is 13.2 Å². The van der Waals surface area contributed by atoms with Crippen molar-refractivity contribution < 1.29 is 14.9 Å². The Kier molecular flexibility index (Phi) is 7.72. The van der Waals surface area contributed by atoms with Crippen LogP contribution in [-0.4, -0.2) is 58.4 Å². The van der Waals surface area contributed by atoms with Crippen molar-refractivity contribution in [2.24, 2.45) is 0 Å². The molecule has 0 amide bonds. The zero-order valence-corrected chi connectivity index (χ0v) is 16.9. The van der Waals surface area contributed by atoms with Crippen LogP contribution in [0.4, 0.5) is 0 Å². The van der Waals surface area contributed by atoms with Gasteiger partial charge in [-0.15, -0.1) is 0 Å². The summed E-state index contributed by atoms with van der Waals surface area (Å²) in [6, 6.07) is 1.35. The highest BCUT2D eigenvalue weighted by atomic mass is 29.6. The van der Waals surface area contributed by atoms with Crippen molar-refractivity contribution in [1.82, 2.24) is 0 Å². The maximum absolute atomic E-state index is 9.22. The maximum Gasteiger partial charge on any atom is 0.100 e. The highest BCUT2D eigenvalue weighted by Gasteiger charge is 2.49. The predicted octanol–water partition coefficient (Wildman–Crippen LogP) is 2.66. The lowest BCUT2D eigenvalue weighted by molar-refractivity contribution is 0.00651. The van der Waals surface area contributed by atoms with Gasteiger partial charge in [0.25, 0.3) is 0 Å². The summed E-state index contributed by atoms with van der Waals surface area (Å²) in [5.41, 5.74) is 0. The zero-order chi connectivity index (χ0) is 15.3. The number of aliphatic hydroxyl groups excluding tert-OH is 2. The van der Waals surface area contributed by atoms with Crippen LogP contribution >= 0.6 is 0 Å². The lowest BCUT2D eigenvalue weighted by Crippen LogP contribution is -2.69. The second kappa shape index (κ2) is 7.51. The molecule has 19 heavy (non-hydrogen) atoms. The van der Waals surface area contributed by atoms with Crippen LogP contribution in [0.2, 0.25) is 51.9 Å². The Morgan fingerprint density at radius 2 is 1.42 bits per heavy atom. The molecule has 1 atom stereocenters. The van der Waals surface area contributed by atoms with Crippen LogP contribution in [0, 0.1) is 0 Å². The van der Waals surface area contributed by atoms with Gasteiger partial charge in [0.15, 0.2) is 0 Å². The predicted molar refractivity (Wildman–Crippen MR) is 91.6 cm³/mol. The minimum absolute atomic E-state index is 0.212. The van der Waals surface area contributed by atoms with E-state index in [1.54, 1.807) is 0 Å². The van der Waals surface area contributed by atoms with Crippen LogP contribution < -0.4 is 0 Å². The molecule has 0 aliphatic heterocycles. The molecule has 0 spiro atoms. The van der Waals surface area contributed by atoms with Crippen molar-refractivity contribution >= 4 is 22.3 Å². The molecule has 3 nitrogen and oxygen atoms in total. The van der Waals surface area contributed by atoms with Gasteiger partial charge in [-0.2, -0.15) is 0 Å². The molecule has 0 saturated heterocycles. The van der Waals surface area contributed by atoms with Crippen molar-refractivity contribution in [3.8, 4) is 0 Å². The Morgan fingerprint density at radius 1 is 0.947 bits per heavy atom. The molecule has 0 aliphatic carbocycles. The third-order valence-corrected chi connectivity index (χ3v) is 47.6. The first-order valence-electron chi connectivity index (χ1n) is 7.32. The summed E-state index contributed by atoms with van der Waals surface area (Å²) in [7, 11) is -3.31. The van der Waals surface area contributed by atoms with Gasteiger partial charge < -0.3 is 14.9 Å². The Labute approximate surface area is 122 Å². The standard InChI is InChI=1S/C13H34O3Si3/c1-17(2,3)19(7,18(4,5)6)10-8-9-16-12-13(15)11-14/h13-15H,8-12H2,1-7H3. The zero-order valence-electron chi connectivity index (χ0n) is 13.9. The van der Waals surface area contributed by atoms with E-state index in [2.05, 4.69) is 45.8 Å². The molecule has 116 valence electrons. The van der Waals surface area contributed by atoms with E-state index in [9.17, 15) is 5.11 Å². The minimum atomic E-state index is -1.15. The summed E-state index contributed by atoms with van der Waals surface area (Å²) >= 11 is 0. The number of ether oxygens (including phenoxy) is 1. The Hall–Kier alpha value is 0.531. The fraction of sp³-hybridized carbons (Fsp3) is 1.00. The van der Waals surface area contributed by atoms with E-state index >= 15 is 0 Å². The normalized spacial score (nSPS) is 15.6. The van der Waals surface area contributed by atoms with Crippen LogP contribution in [-0.2, 0) is 4.74 Å². The smallest absolute Gasteiger partial charge is 0.100 e. The maximum atomic E-state index is 9.22. The highest BCUT2D eigenvalue weighted by Crippen LogP contribution is 2.33. The molecule has 0 rings (SSSR count). The summed E-state index contributed by atoms with van der Waals surface area (Å²) in [6.45, 7) is 18.6. The van der Waals surface area contributed by atoms with Crippen molar-refractivity contribution in [2.75, 3.05) is 19.8 Å². The molecule has 0 heterocycles. The SMILES string of the molecule is C[Si](C)(C)[Si](C)(CCCOCC(O)CO)[Si](C)(C)C. The van der Waals surface area contributed by atoms with E-state index in [0.29, 0.717) is 6.61 Å². The molecule has 6 heteroatoms. The van der Waals surface area contributed by atoms with E-state index < -0.39 is 28.4 Å². The Bertz CT molecular complexity index is 245. The van der Waals surface area contributed by atoms with Crippen LogP contribution in [0.1, 0.15) is 6.42 Å². The fourth-order valence-electron chi connectivity index (χ4n) is 2.67. The monoisotopic (exact) mass is 322 g/mol. The minimum Gasteiger partial charge on any atom is -0.394 e. The highest BCUT2D eigenvalue weighted by molar-refractivity contribution is 7.68. The van der Waals surface area contributed by atoms with Crippen molar-refractivity contribution in [1.29, 1.82) is 0 Å². The van der Waals surface area contributed by atoms with E-state index in [1.807, 2.05) is 0 Å².